The van der Waals surface area contributed by atoms with Gasteiger partial charge in [0.1, 0.15) is 28.0 Å². The first kappa shape index (κ1) is 18.7. The lowest BCUT2D eigenvalue weighted by Gasteiger charge is -2.26. The first-order valence-electron chi connectivity index (χ1n) is 8.45. The molecule has 0 saturated heterocycles. The Morgan fingerprint density at radius 1 is 1.07 bits per heavy atom. The normalized spacial score (nSPS) is 14.0. The molecule has 3 aromatic rings. The van der Waals surface area contributed by atoms with E-state index in [2.05, 4.69) is 15.7 Å². The number of nitrogens with zero attached hydrogens (tertiary/aromatic N) is 3. The van der Waals surface area contributed by atoms with Crippen LogP contribution in [0, 0.1) is 0 Å². The predicted molar refractivity (Wildman–Crippen MR) is 99.9 cm³/mol. The second-order valence-electron chi connectivity index (χ2n) is 7.38. The molecule has 0 spiro atoms. The number of amides is 1. The fourth-order valence-electron chi connectivity index (χ4n) is 2.86. The number of aliphatic hydroxyl groups is 1. The van der Waals surface area contributed by atoms with Gasteiger partial charge in [-0.1, -0.05) is 30.3 Å². The smallest absolute Gasteiger partial charge is 0.428 e. The van der Waals surface area contributed by atoms with Crippen LogP contribution in [0.4, 0.5) is 4.79 Å². The Bertz CT molecular complexity index is 989. The maximum Gasteiger partial charge on any atom is 0.428 e. The maximum atomic E-state index is 12.1. The van der Waals surface area contributed by atoms with Crippen molar-refractivity contribution >= 4 is 17.1 Å². The SMILES string of the molecule is CC(C)(C)OC(=O)Nn1nnc2cccc(C(C)(O)c3ccccc3O)c21. The molecular formula is C19H22N4O4. The largest absolute Gasteiger partial charge is 0.508 e. The number of para-hydroxylation sites is 2. The number of phenolic OH excluding ortho intramolecular Hbond substituents is 1. The number of carbonyl (C=O) groups is 1. The van der Waals surface area contributed by atoms with Gasteiger partial charge in [0.2, 0.25) is 0 Å². The number of hydrogen-bond donors (Lipinski definition) is 3. The summed E-state index contributed by atoms with van der Waals surface area (Å²) in [6, 6.07) is 11.6. The Morgan fingerprint density at radius 2 is 1.74 bits per heavy atom. The fourth-order valence-corrected chi connectivity index (χ4v) is 2.86. The third-order valence-electron chi connectivity index (χ3n) is 4.02. The van der Waals surface area contributed by atoms with Gasteiger partial charge in [-0.05, 0) is 45.0 Å². The van der Waals surface area contributed by atoms with Gasteiger partial charge in [-0.2, -0.15) is 0 Å². The number of aromatic hydroxyl groups is 1. The van der Waals surface area contributed by atoms with Gasteiger partial charge in [0.05, 0.1) is 0 Å². The van der Waals surface area contributed by atoms with Crippen LogP contribution in [0.15, 0.2) is 42.5 Å². The summed E-state index contributed by atoms with van der Waals surface area (Å²) in [6.45, 7) is 6.81. The molecule has 0 saturated carbocycles. The molecule has 8 nitrogen and oxygen atoms in total. The molecule has 8 heteroatoms. The lowest BCUT2D eigenvalue weighted by atomic mass is 9.87. The molecule has 0 aliphatic carbocycles. The minimum Gasteiger partial charge on any atom is -0.508 e. The Morgan fingerprint density at radius 3 is 2.41 bits per heavy atom. The zero-order valence-corrected chi connectivity index (χ0v) is 15.6. The zero-order valence-electron chi connectivity index (χ0n) is 15.6. The van der Waals surface area contributed by atoms with Crippen LogP contribution in [0.3, 0.4) is 0 Å². The maximum absolute atomic E-state index is 12.1. The molecule has 1 aromatic heterocycles. The Kier molecular flexibility index (Phi) is 4.52. The van der Waals surface area contributed by atoms with Gasteiger partial charge < -0.3 is 14.9 Å². The molecule has 27 heavy (non-hydrogen) atoms. The highest BCUT2D eigenvalue weighted by Crippen LogP contribution is 2.37. The topological polar surface area (TPSA) is 110 Å². The van der Waals surface area contributed by atoms with Crippen LogP contribution in [0.25, 0.3) is 11.0 Å². The van der Waals surface area contributed by atoms with Crippen LogP contribution < -0.4 is 5.43 Å². The summed E-state index contributed by atoms with van der Waals surface area (Å²) in [5.74, 6) is -0.0429. The van der Waals surface area contributed by atoms with E-state index in [4.69, 9.17) is 4.74 Å². The van der Waals surface area contributed by atoms with Gasteiger partial charge in [0, 0.05) is 11.1 Å². The van der Waals surface area contributed by atoms with E-state index >= 15 is 0 Å². The Balaban J connectivity index is 2.08. The molecule has 1 unspecified atom stereocenters. The predicted octanol–water partition coefficient (Wildman–Crippen LogP) is 2.87. The van der Waals surface area contributed by atoms with Crippen molar-refractivity contribution in [2.45, 2.75) is 38.9 Å². The molecule has 1 atom stereocenters. The van der Waals surface area contributed by atoms with Crippen LogP contribution in [-0.4, -0.2) is 37.0 Å². The summed E-state index contributed by atoms with van der Waals surface area (Å²) in [4.78, 5) is 13.3. The molecule has 0 aliphatic rings. The van der Waals surface area contributed by atoms with Crippen molar-refractivity contribution in [3.63, 3.8) is 0 Å². The van der Waals surface area contributed by atoms with E-state index in [0.717, 1.165) is 4.79 Å². The quantitative estimate of drug-likeness (QED) is 0.654. The standard InChI is InChI=1S/C19H22N4O4/c1-18(2,3)27-17(25)21-23-16-13(9-7-10-14(16)20-22-23)19(4,26)12-8-5-6-11-15(12)24/h5-11,24,26H,1-4H3,(H,21,25). The monoisotopic (exact) mass is 370 g/mol. The fraction of sp³-hybridized carbons (Fsp3) is 0.316. The summed E-state index contributed by atoms with van der Waals surface area (Å²) >= 11 is 0. The molecule has 142 valence electrons. The number of carbonyl (C=O) groups excluding carboxylic acids is 1. The molecule has 0 aliphatic heterocycles. The third-order valence-corrected chi connectivity index (χ3v) is 4.02. The molecule has 0 radical (unpaired) electrons. The lowest BCUT2D eigenvalue weighted by Crippen LogP contribution is -2.33. The lowest BCUT2D eigenvalue weighted by molar-refractivity contribution is 0.0609. The van der Waals surface area contributed by atoms with Crippen molar-refractivity contribution in [1.82, 2.24) is 15.1 Å². The molecule has 2 aromatic carbocycles. The van der Waals surface area contributed by atoms with Gasteiger partial charge in [-0.15, -0.1) is 9.89 Å². The van der Waals surface area contributed by atoms with Gasteiger partial charge in [0.25, 0.3) is 0 Å². The third kappa shape index (κ3) is 3.70. The molecular weight excluding hydrogens is 348 g/mol. The van der Waals surface area contributed by atoms with E-state index in [-0.39, 0.29) is 5.75 Å². The molecule has 0 bridgehead atoms. The van der Waals surface area contributed by atoms with Gasteiger partial charge in [-0.25, -0.2) is 10.2 Å². The first-order chi connectivity index (χ1) is 12.6. The minimum absolute atomic E-state index is 0.0429. The van der Waals surface area contributed by atoms with Gasteiger partial charge in [0.15, 0.2) is 0 Å². The van der Waals surface area contributed by atoms with Crippen molar-refractivity contribution in [3.05, 3.63) is 53.6 Å². The second kappa shape index (κ2) is 6.55. The van der Waals surface area contributed by atoms with Crippen molar-refractivity contribution in [3.8, 4) is 5.75 Å². The summed E-state index contributed by atoms with van der Waals surface area (Å²) in [5, 5.41) is 29.4. The molecule has 1 amide bonds. The number of rotatable bonds is 3. The van der Waals surface area contributed by atoms with Crippen LogP contribution in [-0.2, 0) is 10.3 Å². The molecule has 3 N–H and O–H groups in total. The number of fused-ring (bicyclic) bond motifs is 1. The van der Waals surface area contributed by atoms with Gasteiger partial charge in [-0.3, -0.25) is 0 Å². The zero-order chi connectivity index (χ0) is 19.8. The first-order valence-corrected chi connectivity index (χ1v) is 8.45. The van der Waals surface area contributed by atoms with E-state index in [1.54, 1.807) is 64.1 Å². The van der Waals surface area contributed by atoms with E-state index in [1.807, 2.05) is 0 Å². The van der Waals surface area contributed by atoms with Gasteiger partial charge >= 0.3 is 6.09 Å². The number of nitrogens with one attached hydrogen (secondary N) is 1. The highest BCUT2D eigenvalue weighted by molar-refractivity contribution is 5.84. The summed E-state index contributed by atoms with van der Waals surface area (Å²) in [7, 11) is 0. The second-order valence-corrected chi connectivity index (χ2v) is 7.38. The van der Waals surface area contributed by atoms with Crippen LogP contribution in [0.2, 0.25) is 0 Å². The minimum atomic E-state index is -1.56. The van der Waals surface area contributed by atoms with E-state index in [9.17, 15) is 15.0 Å². The number of hydrogen-bond acceptors (Lipinski definition) is 6. The van der Waals surface area contributed by atoms with Crippen LogP contribution >= 0.6 is 0 Å². The van der Waals surface area contributed by atoms with E-state index in [1.165, 1.54) is 6.07 Å². The summed E-state index contributed by atoms with van der Waals surface area (Å²) in [6.07, 6.45) is -0.702. The highest BCUT2D eigenvalue weighted by atomic mass is 16.6. The van der Waals surface area contributed by atoms with Crippen molar-refractivity contribution in [2.75, 3.05) is 5.43 Å². The molecule has 3 rings (SSSR count). The van der Waals surface area contributed by atoms with Crippen molar-refractivity contribution < 1.29 is 19.7 Å². The van der Waals surface area contributed by atoms with Crippen LogP contribution in [0.5, 0.6) is 5.75 Å². The van der Waals surface area contributed by atoms with Crippen LogP contribution in [0.1, 0.15) is 38.8 Å². The number of phenols is 1. The average Bonchev–Trinajstić information content (AvgIpc) is 2.96. The highest BCUT2D eigenvalue weighted by Gasteiger charge is 2.32. The number of ether oxygens (including phenoxy) is 1. The van der Waals surface area contributed by atoms with Crippen molar-refractivity contribution in [2.24, 2.45) is 0 Å². The Hall–Kier alpha value is -3.13. The van der Waals surface area contributed by atoms with E-state index in [0.29, 0.717) is 22.2 Å². The number of aromatic nitrogens is 3. The molecule has 0 fully saturated rings. The number of benzene rings is 2. The Labute approximate surface area is 156 Å². The summed E-state index contributed by atoms with van der Waals surface area (Å²) in [5.41, 5.74) is 1.89. The average molecular weight is 370 g/mol. The van der Waals surface area contributed by atoms with Crippen molar-refractivity contribution in [1.29, 1.82) is 0 Å². The molecule has 1 heterocycles. The summed E-state index contributed by atoms with van der Waals surface area (Å²) < 4.78 is 5.25. The van der Waals surface area contributed by atoms with E-state index < -0.39 is 17.3 Å².